The number of sulfone groups is 1. The van der Waals surface area contributed by atoms with E-state index in [4.69, 9.17) is 11.6 Å². The molecule has 0 atom stereocenters. The molecule has 9 heteroatoms. The monoisotopic (exact) mass is 367 g/mol. The summed E-state index contributed by atoms with van der Waals surface area (Å²) in [5.41, 5.74) is -0.435. The third-order valence-corrected chi connectivity index (χ3v) is 5.69. The Hall–Kier alpha value is -2.37. The highest BCUT2D eigenvalue weighted by molar-refractivity contribution is 7.91. The van der Waals surface area contributed by atoms with E-state index in [2.05, 4.69) is 5.10 Å². The fourth-order valence-corrected chi connectivity index (χ4v) is 3.56. The number of aryl methyl sites for hydroxylation is 1. The van der Waals surface area contributed by atoms with Crippen LogP contribution in [0.2, 0.25) is 5.02 Å². The number of carbonyl (C=O) groups is 1. The maximum Gasteiger partial charge on any atom is 0.220 e. The van der Waals surface area contributed by atoms with Crippen LogP contribution in [-0.2, 0) is 16.4 Å². The summed E-state index contributed by atoms with van der Waals surface area (Å²) in [6.07, 6.45) is 1.19. The zero-order chi connectivity index (χ0) is 18.1. The zero-order valence-corrected chi connectivity index (χ0v) is 14.5. The lowest BCUT2D eigenvalue weighted by Gasteiger charge is -2.09. The number of nitriles is 1. The molecule has 0 bridgehead atoms. The molecular weight excluding hydrogens is 354 g/mol. The van der Waals surface area contributed by atoms with E-state index in [-0.39, 0.29) is 38.2 Å². The van der Waals surface area contributed by atoms with Crippen molar-refractivity contribution in [3.05, 3.63) is 40.0 Å². The van der Waals surface area contributed by atoms with Gasteiger partial charge in [0.2, 0.25) is 11.7 Å². The minimum atomic E-state index is -3.66. The SMILES string of the molecule is CCn1ncc(C(=O)c2ccc(S(=O)(=O)CC)c(C#N)c2Cl)c1O. The van der Waals surface area contributed by atoms with E-state index in [0.717, 1.165) is 0 Å². The zero-order valence-electron chi connectivity index (χ0n) is 12.9. The second-order valence-electron chi connectivity index (χ2n) is 4.84. The Morgan fingerprint density at radius 2 is 2.04 bits per heavy atom. The quantitative estimate of drug-likeness (QED) is 0.810. The van der Waals surface area contributed by atoms with Crippen LogP contribution in [0.25, 0.3) is 0 Å². The highest BCUT2D eigenvalue weighted by Gasteiger charge is 2.26. The van der Waals surface area contributed by atoms with Crippen molar-refractivity contribution in [1.82, 2.24) is 9.78 Å². The highest BCUT2D eigenvalue weighted by Crippen LogP contribution is 2.31. The van der Waals surface area contributed by atoms with Crippen LogP contribution in [0.1, 0.15) is 35.3 Å². The molecule has 0 fully saturated rings. The van der Waals surface area contributed by atoms with Gasteiger partial charge in [-0.15, -0.1) is 0 Å². The van der Waals surface area contributed by atoms with Crippen LogP contribution < -0.4 is 0 Å². The number of hydrogen-bond donors (Lipinski definition) is 1. The number of rotatable bonds is 5. The Morgan fingerprint density at radius 3 is 2.54 bits per heavy atom. The Balaban J connectivity index is 2.63. The molecule has 0 radical (unpaired) electrons. The van der Waals surface area contributed by atoms with Gasteiger partial charge in [0.1, 0.15) is 11.6 Å². The number of carbonyl (C=O) groups excluding carboxylic acids is 1. The largest absolute Gasteiger partial charge is 0.493 e. The summed E-state index contributed by atoms with van der Waals surface area (Å²) in [6, 6.07) is 4.15. The summed E-state index contributed by atoms with van der Waals surface area (Å²) in [5.74, 6) is -1.16. The van der Waals surface area contributed by atoms with Crippen molar-refractivity contribution in [2.24, 2.45) is 0 Å². The number of benzene rings is 1. The summed E-state index contributed by atoms with van der Waals surface area (Å²) in [7, 11) is -3.66. The molecule has 1 heterocycles. The van der Waals surface area contributed by atoms with Gasteiger partial charge in [0, 0.05) is 12.1 Å². The standard InChI is InChI=1S/C15H14ClN3O4S/c1-3-19-15(21)11(8-18-19)14(20)9-5-6-12(24(22,23)4-2)10(7-17)13(9)16/h5-6,8,21H,3-4H2,1-2H3. The Kier molecular flexibility index (Phi) is 4.96. The first-order chi connectivity index (χ1) is 11.3. The number of halogens is 1. The molecule has 1 aromatic carbocycles. The van der Waals surface area contributed by atoms with Crippen LogP contribution in [0.3, 0.4) is 0 Å². The van der Waals surface area contributed by atoms with Gasteiger partial charge in [0.15, 0.2) is 9.84 Å². The van der Waals surface area contributed by atoms with Crippen LogP contribution >= 0.6 is 11.6 Å². The molecule has 2 aromatic rings. The topological polar surface area (TPSA) is 113 Å². The molecule has 2 rings (SSSR count). The molecular formula is C15H14ClN3O4S. The summed E-state index contributed by atoms with van der Waals surface area (Å²) in [5, 5.41) is 22.8. The fraction of sp³-hybridized carbons (Fsp3) is 0.267. The van der Waals surface area contributed by atoms with E-state index in [1.54, 1.807) is 13.0 Å². The average molecular weight is 368 g/mol. The van der Waals surface area contributed by atoms with Gasteiger partial charge in [-0.1, -0.05) is 18.5 Å². The van der Waals surface area contributed by atoms with Crippen molar-refractivity contribution in [2.45, 2.75) is 25.3 Å². The Bertz CT molecular complexity index is 958. The van der Waals surface area contributed by atoms with Crippen LogP contribution in [-0.4, -0.2) is 34.8 Å². The normalized spacial score (nSPS) is 11.2. The van der Waals surface area contributed by atoms with Gasteiger partial charge in [-0.3, -0.25) is 4.79 Å². The number of ketones is 1. The lowest BCUT2D eigenvalue weighted by molar-refractivity contribution is 0.103. The second kappa shape index (κ2) is 6.63. The van der Waals surface area contributed by atoms with E-state index in [0.29, 0.717) is 6.54 Å². The lowest BCUT2D eigenvalue weighted by Crippen LogP contribution is -2.10. The molecule has 0 unspecified atom stereocenters. The van der Waals surface area contributed by atoms with Gasteiger partial charge in [0.05, 0.1) is 27.4 Å². The third-order valence-electron chi connectivity index (χ3n) is 3.53. The molecule has 0 aliphatic rings. The Labute approximate surface area is 144 Å². The molecule has 0 saturated carbocycles. The van der Waals surface area contributed by atoms with Crippen LogP contribution in [0.15, 0.2) is 23.2 Å². The number of aromatic nitrogens is 2. The highest BCUT2D eigenvalue weighted by atomic mass is 35.5. The maximum atomic E-state index is 12.6. The van der Waals surface area contributed by atoms with E-state index in [1.807, 2.05) is 0 Å². The molecule has 0 amide bonds. The van der Waals surface area contributed by atoms with Crippen LogP contribution in [0, 0.1) is 11.3 Å². The van der Waals surface area contributed by atoms with Gasteiger partial charge in [-0.2, -0.15) is 10.4 Å². The first-order valence-electron chi connectivity index (χ1n) is 7.03. The first kappa shape index (κ1) is 18.0. The second-order valence-corrected chi connectivity index (χ2v) is 7.47. The van der Waals surface area contributed by atoms with Gasteiger partial charge in [0.25, 0.3) is 0 Å². The minimum Gasteiger partial charge on any atom is -0.493 e. The lowest BCUT2D eigenvalue weighted by atomic mass is 10.0. The van der Waals surface area contributed by atoms with Crippen molar-refractivity contribution in [1.29, 1.82) is 5.26 Å². The smallest absolute Gasteiger partial charge is 0.220 e. The molecule has 7 nitrogen and oxygen atoms in total. The van der Waals surface area contributed by atoms with E-state index >= 15 is 0 Å². The van der Waals surface area contributed by atoms with Crippen molar-refractivity contribution in [3.63, 3.8) is 0 Å². The van der Waals surface area contributed by atoms with Crippen molar-refractivity contribution >= 4 is 27.2 Å². The molecule has 24 heavy (non-hydrogen) atoms. The number of nitrogens with zero attached hydrogens (tertiary/aromatic N) is 3. The van der Waals surface area contributed by atoms with Gasteiger partial charge >= 0.3 is 0 Å². The molecule has 0 saturated heterocycles. The van der Waals surface area contributed by atoms with Gasteiger partial charge < -0.3 is 5.11 Å². The number of aromatic hydroxyl groups is 1. The predicted octanol–water partition coefficient (Wildman–Crippen LogP) is 2.16. The molecule has 126 valence electrons. The first-order valence-corrected chi connectivity index (χ1v) is 9.06. The van der Waals surface area contributed by atoms with Crippen molar-refractivity contribution < 1.29 is 18.3 Å². The van der Waals surface area contributed by atoms with Crippen molar-refractivity contribution in [3.8, 4) is 11.9 Å². The molecule has 0 aliphatic heterocycles. The minimum absolute atomic E-state index is 0.0748. The molecule has 0 spiro atoms. The van der Waals surface area contributed by atoms with Gasteiger partial charge in [-0.25, -0.2) is 13.1 Å². The summed E-state index contributed by atoms with van der Waals surface area (Å²) in [4.78, 5) is 12.3. The van der Waals surface area contributed by atoms with Crippen LogP contribution in [0.5, 0.6) is 5.88 Å². The summed E-state index contributed by atoms with van der Waals surface area (Å²) < 4.78 is 25.3. The Morgan fingerprint density at radius 1 is 1.38 bits per heavy atom. The molecule has 1 N–H and O–H groups in total. The van der Waals surface area contributed by atoms with E-state index < -0.39 is 15.6 Å². The van der Waals surface area contributed by atoms with E-state index in [9.17, 15) is 23.6 Å². The maximum absolute atomic E-state index is 12.6. The average Bonchev–Trinajstić information content (AvgIpc) is 2.94. The van der Waals surface area contributed by atoms with Gasteiger partial charge in [-0.05, 0) is 19.1 Å². The fourth-order valence-electron chi connectivity index (χ4n) is 2.17. The summed E-state index contributed by atoms with van der Waals surface area (Å²) in [6.45, 7) is 3.55. The predicted molar refractivity (Wildman–Crippen MR) is 86.9 cm³/mol. The van der Waals surface area contributed by atoms with E-state index in [1.165, 1.54) is 29.9 Å². The third kappa shape index (κ3) is 2.88. The molecule has 0 aliphatic carbocycles. The van der Waals surface area contributed by atoms with Crippen LogP contribution in [0.4, 0.5) is 0 Å². The summed E-state index contributed by atoms with van der Waals surface area (Å²) >= 11 is 6.10. The number of hydrogen-bond acceptors (Lipinski definition) is 6. The molecule has 1 aromatic heterocycles. The van der Waals surface area contributed by atoms with Crippen molar-refractivity contribution in [2.75, 3.05) is 5.75 Å².